The quantitative estimate of drug-likeness (QED) is 0.412. The van der Waals surface area contributed by atoms with Crippen molar-refractivity contribution >= 4 is 18.0 Å². The minimum atomic E-state index is -0.951. The summed E-state index contributed by atoms with van der Waals surface area (Å²) < 4.78 is 10.5. The molecule has 0 bridgehead atoms. The third kappa shape index (κ3) is 8.62. The van der Waals surface area contributed by atoms with E-state index in [4.69, 9.17) is 9.47 Å². The second-order valence-corrected chi connectivity index (χ2v) is 7.95. The lowest BCUT2D eigenvalue weighted by molar-refractivity contribution is -0.147. The van der Waals surface area contributed by atoms with Gasteiger partial charge in [-0.05, 0) is 23.6 Å². The Hall–Kier alpha value is -4.13. The summed E-state index contributed by atoms with van der Waals surface area (Å²) in [4.78, 5) is 38.4. The summed E-state index contributed by atoms with van der Waals surface area (Å²) >= 11 is 0. The SMILES string of the molecule is CCOC(=O)[C@H](Cc1ccccc1)NC(=O)[C@H](Cc1ccccc1)NC(=O)OCc1ccccc1. The molecule has 0 aliphatic rings. The summed E-state index contributed by atoms with van der Waals surface area (Å²) in [7, 11) is 0. The van der Waals surface area contributed by atoms with Crippen LogP contribution in [0.4, 0.5) is 4.79 Å². The zero-order valence-corrected chi connectivity index (χ0v) is 19.7. The van der Waals surface area contributed by atoms with Crippen LogP contribution in [0.5, 0.6) is 0 Å². The lowest BCUT2D eigenvalue weighted by atomic mass is 10.0. The number of ether oxygens (including phenoxy) is 2. The zero-order chi connectivity index (χ0) is 24.9. The highest BCUT2D eigenvalue weighted by atomic mass is 16.5. The minimum Gasteiger partial charge on any atom is -0.464 e. The third-order valence-electron chi connectivity index (χ3n) is 5.27. The van der Waals surface area contributed by atoms with Crippen molar-refractivity contribution in [2.45, 2.75) is 38.5 Å². The van der Waals surface area contributed by atoms with Crippen molar-refractivity contribution in [1.82, 2.24) is 10.6 Å². The molecule has 2 N–H and O–H groups in total. The fourth-order valence-electron chi connectivity index (χ4n) is 3.52. The summed E-state index contributed by atoms with van der Waals surface area (Å²) in [6, 6.07) is 26.1. The van der Waals surface area contributed by atoms with Crippen LogP contribution in [0.3, 0.4) is 0 Å². The van der Waals surface area contributed by atoms with Gasteiger partial charge in [0.1, 0.15) is 18.7 Å². The van der Waals surface area contributed by atoms with E-state index in [1.165, 1.54) is 0 Å². The molecule has 0 heterocycles. The van der Waals surface area contributed by atoms with Crippen LogP contribution in [0.25, 0.3) is 0 Å². The van der Waals surface area contributed by atoms with Crippen LogP contribution in [0.15, 0.2) is 91.0 Å². The van der Waals surface area contributed by atoms with E-state index in [1.807, 2.05) is 91.0 Å². The van der Waals surface area contributed by atoms with Gasteiger partial charge in [0.15, 0.2) is 0 Å². The minimum absolute atomic E-state index is 0.0752. The second-order valence-electron chi connectivity index (χ2n) is 7.95. The fourth-order valence-corrected chi connectivity index (χ4v) is 3.52. The smallest absolute Gasteiger partial charge is 0.408 e. The molecule has 0 aliphatic heterocycles. The molecule has 2 atom stereocenters. The van der Waals surface area contributed by atoms with Gasteiger partial charge in [-0.2, -0.15) is 0 Å². The predicted molar refractivity (Wildman–Crippen MR) is 132 cm³/mol. The lowest BCUT2D eigenvalue weighted by Gasteiger charge is -2.23. The number of nitrogens with one attached hydrogen (secondary N) is 2. The number of hydrogen-bond acceptors (Lipinski definition) is 5. The van der Waals surface area contributed by atoms with Crippen molar-refractivity contribution in [3.8, 4) is 0 Å². The van der Waals surface area contributed by atoms with Gasteiger partial charge in [0, 0.05) is 12.8 Å². The van der Waals surface area contributed by atoms with Crippen LogP contribution in [0, 0.1) is 0 Å². The zero-order valence-electron chi connectivity index (χ0n) is 19.7. The van der Waals surface area contributed by atoms with Gasteiger partial charge in [0.2, 0.25) is 5.91 Å². The van der Waals surface area contributed by atoms with Crippen LogP contribution in [0.2, 0.25) is 0 Å². The molecule has 7 heteroatoms. The van der Waals surface area contributed by atoms with Crippen molar-refractivity contribution in [2.24, 2.45) is 0 Å². The fraction of sp³-hybridized carbons (Fsp3) is 0.250. The molecule has 0 aliphatic carbocycles. The molecule has 0 fully saturated rings. The van der Waals surface area contributed by atoms with E-state index in [-0.39, 0.29) is 26.1 Å². The summed E-state index contributed by atoms with van der Waals surface area (Å²) in [6.45, 7) is 1.98. The van der Waals surface area contributed by atoms with Crippen molar-refractivity contribution in [3.05, 3.63) is 108 Å². The molecule has 0 saturated heterocycles. The van der Waals surface area contributed by atoms with Crippen molar-refractivity contribution in [3.63, 3.8) is 0 Å². The third-order valence-corrected chi connectivity index (χ3v) is 5.27. The first-order valence-corrected chi connectivity index (χ1v) is 11.6. The Kier molecular flexibility index (Phi) is 9.87. The Morgan fingerprint density at radius 2 is 1.14 bits per heavy atom. The summed E-state index contributed by atoms with van der Waals surface area (Å²) in [5.41, 5.74) is 2.56. The van der Waals surface area contributed by atoms with Gasteiger partial charge < -0.3 is 20.1 Å². The highest BCUT2D eigenvalue weighted by Gasteiger charge is 2.28. The van der Waals surface area contributed by atoms with Gasteiger partial charge >= 0.3 is 12.1 Å². The molecule has 0 saturated carbocycles. The molecule has 0 radical (unpaired) electrons. The Bertz CT molecular complexity index is 1070. The Balaban J connectivity index is 1.71. The van der Waals surface area contributed by atoms with Crippen molar-refractivity contribution < 1.29 is 23.9 Å². The molecule has 182 valence electrons. The molecule has 7 nitrogen and oxygen atoms in total. The molecular weight excluding hydrogens is 444 g/mol. The van der Waals surface area contributed by atoms with Gasteiger partial charge in [-0.1, -0.05) is 91.0 Å². The van der Waals surface area contributed by atoms with Crippen LogP contribution in [0.1, 0.15) is 23.6 Å². The van der Waals surface area contributed by atoms with Crippen LogP contribution >= 0.6 is 0 Å². The van der Waals surface area contributed by atoms with Crippen LogP contribution < -0.4 is 10.6 Å². The van der Waals surface area contributed by atoms with Crippen molar-refractivity contribution in [2.75, 3.05) is 6.61 Å². The van der Waals surface area contributed by atoms with E-state index >= 15 is 0 Å². The Morgan fingerprint density at radius 1 is 0.657 bits per heavy atom. The number of hydrogen-bond donors (Lipinski definition) is 2. The van der Waals surface area contributed by atoms with Crippen molar-refractivity contribution in [1.29, 1.82) is 0 Å². The van der Waals surface area contributed by atoms with E-state index in [0.717, 1.165) is 16.7 Å². The molecule has 2 amide bonds. The maximum absolute atomic E-state index is 13.3. The second kappa shape index (κ2) is 13.5. The van der Waals surface area contributed by atoms with E-state index < -0.39 is 30.1 Å². The standard InChI is InChI=1S/C28H30N2O5/c1-2-34-27(32)25(19-22-14-8-4-9-15-22)29-26(31)24(18-21-12-6-3-7-13-21)30-28(33)35-20-23-16-10-5-11-17-23/h3-17,24-25H,2,18-20H2,1H3,(H,29,31)(H,30,33)/t24-,25-/m0/s1. The summed E-state index contributed by atoms with van der Waals surface area (Å²) in [5.74, 6) is -1.03. The van der Waals surface area contributed by atoms with E-state index in [2.05, 4.69) is 10.6 Å². The van der Waals surface area contributed by atoms with E-state index in [0.29, 0.717) is 0 Å². The highest BCUT2D eigenvalue weighted by Crippen LogP contribution is 2.09. The van der Waals surface area contributed by atoms with Gasteiger partial charge in [-0.25, -0.2) is 9.59 Å². The van der Waals surface area contributed by atoms with Gasteiger partial charge in [-0.3, -0.25) is 4.79 Å². The number of esters is 1. The number of carbonyl (C=O) groups is 3. The maximum atomic E-state index is 13.3. The topological polar surface area (TPSA) is 93.7 Å². The van der Waals surface area contributed by atoms with E-state index in [9.17, 15) is 14.4 Å². The van der Waals surface area contributed by atoms with Gasteiger partial charge in [0.25, 0.3) is 0 Å². The van der Waals surface area contributed by atoms with Crippen LogP contribution in [-0.2, 0) is 38.5 Å². The molecule has 0 spiro atoms. The average molecular weight is 475 g/mol. The number of carbonyl (C=O) groups excluding carboxylic acids is 3. The number of benzene rings is 3. The summed E-state index contributed by atoms with van der Waals surface area (Å²) in [6.07, 6.45) is -0.226. The van der Waals surface area contributed by atoms with Crippen LogP contribution in [-0.4, -0.2) is 36.7 Å². The maximum Gasteiger partial charge on any atom is 0.408 e. The molecule has 35 heavy (non-hydrogen) atoms. The molecule has 0 aromatic heterocycles. The number of amides is 2. The number of alkyl carbamates (subject to hydrolysis) is 1. The number of rotatable bonds is 11. The Morgan fingerprint density at radius 3 is 1.66 bits per heavy atom. The molecule has 3 rings (SSSR count). The van der Waals surface area contributed by atoms with Gasteiger partial charge in [-0.15, -0.1) is 0 Å². The first kappa shape index (κ1) is 25.5. The first-order valence-electron chi connectivity index (χ1n) is 11.6. The van der Waals surface area contributed by atoms with E-state index in [1.54, 1.807) is 6.92 Å². The lowest BCUT2D eigenvalue weighted by Crippen LogP contribution is -2.53. The highest BCUT2D eigenvalue weighted by molar-refractivity contribution is 5.90. The Labute approximate surface area is 205 Å². The molecule has 3 aromatic rings. The average Bonchev–Trinajstić information content (AvgIpc) is 2.88. The molecular formula is C28H30N2O5. The largest absolute Gasteiger partial charge is 0.464 e. The molecule has 0 unspecified atom stereocenters. The first-order chi connectivity index (χ1) is 17.0. The monoisotopic (exact) mass is 474 g/mol. The normalized spacial score (nSPS) is 12.1. The summed E-state index contributed by atoms with van der Waals surface area (Å²) in [5, 5.41) is 5.42. The molecule has 3 aromatic carbocycles. The van der Waals surface area contributed by atoms with Gasteiger partial charge in [0.05, 0.1) is 6.61 Å². The predicted octanol–water partition coefficient (Wildman–Crippen LogP) is 3.81.